The zero-order valence-electron chi connectivity index (χ0n) is 9.87. The number of aryl methyl sites for hydroxylation is 1. The van der Waals surface area contributed by atoms with Crippen LogP contribution in [0.15, 0.2) is 28.7 Å². The van der Waals surface area contributed by atoms with Crippen molar-refractivity contribution in [2.24, 2.45) is 0 Å². The van der Waals surface area contributed by atoms with Crippen LogP contribution >= 0.6 is 27.3 Å². The second-order valence-electron chi connectivity index (χ2n) is 3.74. The molecule has 0 spiro atoms. The molecule has 2 aromatic rings. The number of benzene rings is 1. The van der Waals surface area contributed by atoms with E-state index in [1.807, 2.05) is 18.2 Å². The molecule has 0 aliphatic rings. The molecule has 90 valence electrons. The largest absolute Gasteiger partial charge is 0.384 e. The first-order chi connectivity index (χ1) is 8.22. The molecule has 0 radical (unpaired) electrons. The molecule has 2 rings (SSSR count). The quantitative estimate of drug-likeness (QED) is 0.849. The Bertz CT molecular complexity index is 510. The molecule has 2 nitrogen and oxygen atoms in total. The van der Waals surface area contributed by atoms with E-state index in [2.05, 4.69) is 33.9 Å². The third kappa shape index (κ3) is 2.94. The number of rotatable bonds is 4. The molecule has 0 aliphatic carbocycles. The molecule has 0 saturated heterocycles. The number of thiazole rings is 1. The highest BCUT2D eigenvalue weighted by molar-refractivity contribution is 9.10. The smallest absolute Gasteiger partial charge is 0.0958 e. The van der Waals surface area contributed by atoms with Gasteiger partial charge in [-0.2, -0.15) is 0 Å². The summed E-state index contributed by atoms with van der Waals surface area (Å²) in [7, 11) is 1.72. The Balaban J connectivity index is 2.33. The first-order valence-electron chi connectivity index (χ1n) is 5.42. The van der Waals surface area contributed by atoms with Gasteiger partial charge in [-0.1, -0.05) is 34.1 Å². The molecular weight excluding hydrogens is 298 g/mol. The first kappa shape index (κ1) is 12.7. The van der Waals surface area contributed by atoms with Crippen LogP contribution in [-0.2, 0) is 11.2 Å². The fraction of sp³-hybridized carbons (Fsp3) is 0.308. The summed E-state index contributed by atoms with van der Waals surface area (Å²) < 4.78 is 6.17. The standard InChI is InChI=1S/C13H14BrNOS/c1-9-13(10-5-3-4-6-11(10)14)15-12(17-9)7-8-16-2/h3-6H,7-8H2,1-2H3. The summed E-state index contributed by atoms with van der Waals surface area (Å²) in [6.45, 7) is 2.84. The molecule has 17 heavy (non-hydrogen) atoms. The van der Waals surface area contributed by atoms with Crippen LogP contribution < -0.4 is 0 Å². The monoisotopic (exact) mass is 311 g/mol. The molecule has 0 amide bonds. The second kappa shape index (κ2) is 5.76. The van der Waals surface area contributed by atoms with Crippen LogP contribution in [0.1, 0.15) is 9.88 Å². The fourth-order valence-electron chi connectivity index (χ4n) is 1.65. The van der Waals surface area contributed by atoms with Gasteiger partial charge in [0.1, 0.15) is 0 Å². The maximum Gasteiger partial charge on any atom is 0.0958 e. The van der Waals surface area contributed by atoms with Crippen LogP contribution in [0.3, 0.4) is 0 Å². The van der Waals surface area contributed by atoms with E-state index in [4.69, 9.17) is 4.74 Å². The Hall–Kier alpha value is -0.710. The molecule has 1 aromatic heterocycles. The Morgan fingerprint density at radius 3 is 2.82 bits per heavy atom. The Labute approximate surface area is 114 Å². The summed E-state index contributed by atoms with van der Waals surface area (Å²) in [4.78, 5) is 5.94. The molecule has 1 aromatic carbocycles. The Kier molecular flexibility index (Phi) is 4.31. The third-order valence-electron chi connectivity index (χ3n) is 2.49. The number of aromatic nitrogens is 1. The van der Waals surface area contributed by atoms with Crippen molar-refractivity contribution in [3.63, 3.8) is 0 Å². The Morgan fingerprint density at radius 2 is 2.12 bits per heavy atom. The van der Waals surface area contributed by atoms with Gasteiger partial charge in [-0.15, -0.1) is 11.3 Å². The lowest BCUT2D eigenvalue weighted by Crippen LogP contribution is -1.93. The zero-order valence-corrected chi connectivity index (χ0v) is 12.3. The second-order valence-corrected chi connectivity index (χ2v) is 5.88. The van der Waals surface area contributed by atoms with Crippen LogP contribution in [-0.4, -0.2) is 18.7 Å². The molecule has 0 unspecified atom stereocenters. The summed E-state index contributed by atoms with van der Waals surface area (Å²) in [6.07, 6.45) is 0.881. The van der Waals surface area contributed by atoms with Gasteiger partial charge in [0.15, 0.2) is 0 Å². The van der Waals surface area contributed by atoms with Crippen molar-refractivity contribution < 1.29 is 4.74 Å². The minimum absolute atomic E-state index is 0.725. The van der Waals surface area contributed by atoms with Gasteiger partial charge in [-0.05, 0) is 13.0 Å². The van der Waals surface area contributed by atoms with Crippen molar-refractivity contribution in [1.29, 1.82) is 0 Å². The van der Waals surface area contributed by atoms with Crippen LogP contribution in [0.2, 0.25) is 0 Å². The van der Waals surface area contributed by atoms with Gasteiger partial charge in [0.25, 0.3) is 0 Å². The highest BCUT2D eigenvalue weighted by atomic mass is 79.9. The highest BCUT2D eigenvalue weighted by Gasteiger charge is 2.11. The van der Waals surface area contributed by atoms with Gasteiger partial charge < -0.3 is 4.74 Å². The minimum atomic E-state index is 0.725. The maximum atomic E-state index is 5.08. The van der Waals surface area contributed by atoms with Crippen molar-refractivity contribution >= 4 is 27.3 Å². The Morgan fingerprint density at radius 1 is 1.35 bits per heavy atom. The van der Waals surface area contributed by atoms with E-state index in [0.29, 0.717) is 0 Å². The molecule has 1 heterocycles. The van der Waals surface area contributed by atoms with Gasteiger partial charge in [-0.3, -0.25) is 0 Å². The number of ether oxygens (including phenoxy) is 1. The average Bonchev–Trinajstić information content (AvgIpc) is 2.68. The molecule has 4 heteroatoms. The SMILES string of the molecule is COCCc1nc(-c2ccccc2Br)c(C)s1. The summed E-state index contributed by atoms with van der Waals surface area (Å²) in [5, 5.41) is 1.13. The van der Waals surface area contributed by atoms with Crippen LogP contribution in [0.25, 0.3) is 11.3 Å². The van der Waals surface area contributed by atoms with E-state index < -0.39 is 0 Å². The number of methoxy groups -OCH3 is 1. The van der Waals surface area contributed by atoms with Crippen molar-refractivity contribution in [2.45, 2.75) is 13.3 Å². The maximum absolute atomic E-state index is 5.08. The summed E-state index contributed by atoms with van der Waals surface area (Å²) in [5.41, 5.74) is 2.23. The summed E-state index contributed by atoms with van der Waals surface area (Å²) >= 11 is 5.31. The molecule has 0 atom stereocenters. The lowest BCUT2D eigenvalue weighted by molar-refractivity contribution is 0.202. The van der Waals surface area contributed by atoms with Gasteiger partial charge >= 0.3 is 0 Å². The van der Waals surface area contributed by atoms with Crippen LogP contribution in [0, 0.1) is 6.92 Å². The van der Waals surface area contributed by atoms with Crippen molar-refractivity contribution in [3.8, 4) is 11.3 Å². The third-order valence-corrected chi connectivity index (χ3v) is 4.21. The lowest BCUT2D eigenvalue weighted by Gasteiger charge is -2.01. The van der Waals surface area contributed by atoms with Gasteiger partial charge in [-0.25, -0.2) is 4.98 Å². The molecule has 0 saturated carbocycles. The predicted molar refractivity (Wildman–Crippen MR) is 75.6 cm³/mol. The molecule has 0 aliphatic heterocycles. The average molecular weight is 312 g/mol. The summed E-state index contributed by atoms with van der Waals surface area (Å²) in [6, 6.07) is 8.18. The minimum Gasteiger partial charge on any atom is -0.384 e. The molecular formula is C13H14BrNOS. The van der Waals surface area contributed by atoms with E-state index >= 15 is 0 Å². The van der Waals surface area contributed by atoms with E-state index in [1.165, 1.54) is 4.88 Å². The number of hydrogen-bond acceptors (Lipinski definition) is 3. The topological polar surface area (TPSA) is 22.1 Å². The number of nitrogens with zero attached hydrogens (tertiary/aromatic N) is 1. The van der Waals surface area contributed by atoms with E-state index in [-0.39, 0.29) is 0 Å². The molecule has 0 bridgehead atoms. The zero-order chi connectivity index (χ0) is 12.3. The van der Waals surface area contributed by atoms with E-state index in [9.17, 15) is 0 Å². The fourth-order valence-corrected chi connectivity index (χ4v) is 3.05. The normalized spacial score (nSPS) is 10.8. The van der Waals surface area contributed by atoms with E-state index in [1.54, 1.807) is 18.4 Å². The molecule has 0 N–H and O–H groups in total. The van der Waals surface area contributed by atoms with Gasteiger partial charge in [0.2, 0.25) is 0 Å². The van der Waals surface area contributed by atoms with Crippen LogP contribution in [0.5, 0.6) is 0 Å². The first-order valence-corrected chi connectivity index (χ1v) is 7.03. The predicted octanol–water partition coefficient (Wildman–Crippen LogP) is 4.07. The summed E-state index contributed by atoms with van der Waals surface area (Å²) in [5.74, 6) is 0. The van der Waals surface area contributed by atoms with Crippen molar-refractivity contribution in [1.82, 2.24) is 4.98 Å². The highest BCUT2D eigenvalue weighted by Crippen LogP contribution is 2.32. The van der Waals surface area contributed by atoms with Crippen molar-refractivity contribution in [2.75, 3.05) is 13.7 Å². The van der Waals surface area contributed by atoms with Gasteiger partial charge in [0, 0.05) is 28.4 Å². The molecule has 0 fully saturated rings. The number of halogens is 1. The van der Waals surface area contributed by atoms with Crippen molar-refractivity contribution in [3.05, 3.63) is 38.6 Å². The van der Waals surface area contributed by atoms with E-state index in [0.717, 1.165) is 33.8 Å². The number of hydrogen-bond donors (Lipinski definition) is 0. The van der Waals surface area contributed by atoms with Crippen LogP contribution in [0.4, 0.5) is 0 Å². The lowest BCUT2D eigenvalue weighted by atomic mass is 10.1. The van der Waals surface area contributed by atoms with Gasteiger partial charge in [0.05, 0.1) is 17.3 Å².